The molecule has 0 unspecified atom stereocenters. The zero-order valence-corrected chi connectivity index (χ0v) is 17.1. The summed E-state index contributed by atoms with van der Waals surface area (Å²) in [7, 11) is 0. The number of nitrogens with zero attached hydrogens (tertiary/aromatic N) is 2. The number of aromatic nitrogens is 2. The number of para-hydroxylation sites is 1. The highest BCUT2D eigenvalue weighted by molar-refractivity contribution is 7.17. The number of hydrogen-bond acceptors (Lipinski definition) is 4. The van der Waals surface area contributed by atoms with Crippen molar-refractivity contribution >= 4 is 43.6 Å². The van der Waals surface area contributed by atoms with Gasteiger partial charge in [0.05, 0.1) is 15.9 Å². The Balaban J connectivity index is 1.75. The molecule has 4 aromatic heterocycles. The van der Waals surface area contributed by atoms with Crippen LogP contribution in [0.3, 0.4) is 0 Å². The van der Waals surface area contributed by atoms with Gasteiger partial charge in [-0.05, 0) is 60.0 Å². The first-order valence-corrected chi connectivity index (χ1v) is 10.2. The summed E-state index contributed by atoms with van der Waals surface area (Å²) in [5.41, 5.74) is 4.78. The molecular formula is C24H22N2OS. The number of benzene rings is 1. The zero-order chi connectivity index (χ0) is 21.3. The quantitative estimate of drug-likeness (QED) is 0.322. The summed E-state index contributed by atoms with van der Waals surface area (Å²) < 4.78 is 24.6. The van der Waals surface area contributed by atoms with Gasteiger partial charge in [-0.15, -0.1) is 11.3 Å². The summed E-state index contributed by atoms with van der Waals surface area (Å²) in [6.07, 6.45) is -1.50. The monoisotopic (exact) mass is 388 g/mol. The molecule has 0 fully saturated rings. The molecule has 0 bridgehead atoms. The predicted octanol–water partition coefficient (Wildman–Crippen LogP) is 7.15. The number of thiophene rings is 1. The number of aryl methyl sites for hydroxylation is 1. The molecule has 0 aliphatic carbocycles. The highest BCUT2D eigenvalue weighted by Gasteiger charge is 2.18. The third-order valence-electron chi connectivity index (χ3n) is 4.71. The largest absolute Gasteiger partial charge is 0.437 e. The number of fused-ring (bicyclic) bond motifs is 4. The molecule has 0 saturated heterocycles. The van der Waals surface area contributed by atoms with E-state index in [-0.39, 0.29) is 0 Å². The molecule has 0 saturated carbocycles. The van der Waals surface area contributed by atoms with Crippen LogP contribution < -0.4 is 0 Å². The van der Waals surface area contributed by atoms with Gasteiger partial charge in [0.15, 0.2) is 0 Å². The Morgan fingerprint density at radius 3 is 2.71 bits per heavy atom. The summed E-state index contributed by atoms with van der Waals surface area (Å²) >= 11 is 1.53. The normalized spacial score (nSPS) is 14.0. The van der Waals surface area contributed by atoms with Crippen LogP contribution in [0.25, 0.3) is 43.5 Å². The van der Waals surface area contributed by atoms with Crippen LogP contribution in [0.4, 0.5) is 0 Å². The topological polar surface area (TPSA) is 38.9 Å². The van der Waals surface area contributed by atoms with E-state index in [0.717, 1.165) is 43.5 Å². The van der Waals surface area contributed by atoms with Crippen molar-refractivity contribution in [1.82, 2.24) is 9.97 Å². The molecule has 4 heteroatoms. The van der Waals surface area contributed by atoms with E-state index in [1.54, 1.807) is 0 Å². The van der Waals surface area contributed by atoms with Crippen molar-refractivity contribution in [1.29, 1.82) is 0 Å². The highest BCUT2D eigenvalue weighted by atomic mass is 32.1. The van der Waals surface area contributed by atoms with Crippen LogP contribution in [0.15, 0.2) is 52.3 Å². The zero-order valence-electron chi connectivity index (χ0n) is 18.3. The Morgan fingerprint density at radius 2 is 1.89 bits per heavy atom. The Kier molecular flexibility index (Phi) is 3.34. The predicted molar refractivity (Wildman–Crippen MR) is 118 cm³/mol. The van der Waals surface area contributed by atoms with Crippen molar-refractivity contribution in [3.05, 3.63) is 59.1 Å². The molecular weight excluding hydrogens is 364 g/mol. The summed E-state index contributed by atoms with van der Waals surface area (Å²) in [6.45, 7) is 7.71. The van der Waals surface area contributed by atoms with Gasteiger partial charge >= 0.3 is 0 Å². The van der Waals surface area contributed by atoms with E-state index in [1.807, 2.05) is 75.5 Å². The van der Waals surface area contributed by atoms with Gasteiger partial charge in [-0.2, -0.15) is 0 Å². The molecule has 0 aliphatic heterocycles. The van der Waals surface area contributed by atoms with Crippen LogP contribution in [0, 0.1) is 12.3 Å². The van der Waals surface area contributed by atoms with E-state index in [1.165, 1.54) is 11.3 Å². The number of rotatable bonds is 2. The number of pyridine rings is 2. The van der Waals surface area contributed by atoms with Crippen LogP contribution in [-0.2, 0) is 6.37 Å². The van der Waals surface area contributed by atoms with Crippen LogP contribution in [-0.4, -0.2) is 9.97 Å². The van der Waals surface area contributed by atoms with Crippen molar-refractivity contribution in [3.63, 3.8) is 0 Å². The van der Waals surface area contributed by atoms with Crippen LogP contribution in [0.5, 0.6) is 0 Å². The molecule has 0 N–H and O–H groups in total. The maximum Gasteiger partial charge on any atom is 0.227 e. The molecule has 140 valence electrons. The molecule has 0 radical (unpaired) electrons. The molecule has 1 aromatic carbocycles. The van der Waals surface area contributed by atoms with Gasteiger partial charge in [-0.25, -0.2) is 9.97 Å². The molecule has 0 aliphatic rings. The van der Waals surface area contributed by atoms with Gasteiger partial charge in [0.1, 0.15) is 5.58 Å². The summed E-state index contributed by atoms with van der Waals surface area (Å²) in [4.78, 5) is 9.44. The fourth-order valence-corrected chi connectivity index (χ4v) is 4.36. The first-order valence-electron chi connectivity index (χ1n) is 10.3. The Labute approximate surface area is 170 Å². The van der Waals surface area contributed by atoms with Crippen molar-refractivity contribution in [2.45, 2.75) is 34.1 Å². The van der Waals surface area contributed by atoms with Gasteiger partial charge in [0.25, 0.3) is 0 Å². The summed E-state index contributed by atoms with van der Waals surface area (Å²) in [5, 5.41) is 3.90. The van der Waals surface area contributed by atoms with Gasteiger partial charge < -0.3 is 4.42 Å². The molecule has 5 rings (SSSR count). The molecule has 0 spiro atoms. The van der Waals surface area contributed by atoms with E-state index < -0.39 is 11.8 Å². The first kappa shape index (κ1) is 15.2. The maximum absolute atomic E-state index is 8.72. The van der Waals surface area contributed by atoms with Gasteiger partial charge in [0.2, 0.25) is 5.71 Å². The number of hydrogen-bond donors (Lipinski definition) is 0. The minimum absolute atomic E-state index is 0.541. The highest BCUT2D eigenvalue weighted by Crippen LogP contribution is 2.36. The number of furan rings is 1. The second kappa shape index (κ2) is 6.14. The minimum atomic E-state index is -1.50. The summed E-state index contributed by atoms with van der Waals surface area (Å²) in [5.74, 6) is 0. The van der Waals surface area contributed by atoms with E-state index in [0.29, 0.717) is 11.3 Å². The van der Waals surface area contributed by atoms with Gasteiger partial charge in [-0.3, -0.25) is 0 Å². The molecule has 4 heterocycles. The van der Waals surface area contributed by atoms with Crippen LogP contribution >= 0.6 is 11.3 Å². The second-order valence-corrected chi connectivity index (χ2v) is 9.07. The third-order valence-corrected chi connectivity index (χ3v) is 5.64. The molecule has 0 atom stereocenters. The lowest BCUT2D eigenvalue weighted by Gasteiger charge is -2.17. The molecule has 3 nitrogen and oxygen atoms in total. The fourth-order valence-electron chi connectivity index (χ4n) is 3.53. The Hall–Kier alpha value is -2.72. The Bertz CT molecular complexity index is 1430. The lowest BCUT2D eigenvalue weighted by Crippen LogP contribution is -2.08. The first-order chi connectivity index (χ1) is 14.2. The molecule has 5 aromatic rings. The second-order valence-electron chi connectivity index (χ2n) is 8.16. The van der Waals surface area contributed by atoms with Crippen molar-refractivity contribution in [3.8, 4) is 11.3 Å². The van der Waals surface area contributed by atoms with E-state index in [9.17, 15) is 0 Å². The van der Waals surface area contributed by atoms with Gasteiger partial charge in [-0.1, -0.05) is 32.9 Å². The van der Waals surface area contributed by atoms with Gasteiger partial charge in [0, 0.05) is 24.8 Å². The van der Waals surface area contributed by atoms with E-state index >= 15 is 0 Å². The average Bonchev–Trinajstić information content (AvgIpc) is 3.27. The standard InChI is InChI=1S/C24H22N2OS/c1-14-8-9-17-16-6-5-7-18(22(16)27-23(17)25-14)19-10-11-20-21(26-19)15(13-28-20)12-24(2,3)4/h5-11,13H,12H2,1-4H3/i12D2. The lowest BCUT2D eigenvalue weighted by molar-refractivity contribution is 0.413. The van der Waals surface area contributed by atoms with E-state index in [2.05, 4.69) is 4.98 Å². The van der Waals surface area contributed by atoms with Crippen LogP contribution in [0.2, 0.25) is 0 Å². The lowest BCUT2D eigenvalue weighted by atomic mass is 9.89. The van der Waals surface area contributed by atoms with Crippen molar-refractivity contribution in [2.75, 3.05) is 0 Å². The maximum atomic E-state index is 8.72. The minimum Gasteiger partial charge on any atom is -0.437 e. The Morgan fingerprint density at radius 1 is 1.04 bits per heavy atom. The smallest absolute Gasteiger partial charge is 0.227 e. The molecule has 0 amide bonds. The van der Waals surface area contributed by atoms with Crippen molar-refractivity contribution in [2.24, 2.45) is 5.41 Å². The average molecular weight is 389 g/mol. The molecule has 28 heavy (non-hydrogen) atoms. The SMILES string of the molecule is [2H]C([2H])(c1csc2ccc(-c3cccc4c3oc3nc(C)ccc34)nc12)C(C)(C)C. The fraction of sp³-hybridized carbons (Fsp3) is 0.250. The third kappa shape index (κ3) is 2.89. The summed E-state index contributed by atoms with van der Waals surface area (Å²) in [6, 6.07) is 14.1. The van der Waals surface area contributed by atoms with Crippen LogP contribution in [0.1, 0.15) is 34.8 Å². The van der Waals surface area contributed by atoms with E-state index in [4.69, 9.17) is 12.1 Å². The van der Waals surface area contributed by atoms with Crippen molar-refractivity contribution < 1.29 is 7.16 Å².